The van der Waals surface area contributed by atoms with Crippen LogP contribution in [0.5, 0.6) is 0 Å². The molecule has 0 atom stereocenters. The number of thioether (sulfide) groups is 1. The topological polar surface area (TPSA) is 68.3 Å². The third kappa shape index (κ3) is 5.56. The van der Waals surface area contributed by atoms with Crippen molar-refractivity contribution in [3.8, 4) is 0 Å². The van der Waals surface area contributed by atoms with Gasteiger partial charge < -0.3 is 10.1 Å². The Morgan fingerprint density at radius 3 is 2.57 bits per heavy atom. The molecule has 0 unspecified atom stereocenters. The molecule has 0 bridgehead atoms. The molecule has 0 spiro atoms. The van der Waals surface area contributed by atoms with Crippen LogP contribution in [0.3, 0.4) is 0 Å². The van der Waals surface area contributed by atoms with Crippen LogP contribution in [0.2, 0.25) is 0 Å². The Morgan fingerprint density at radius 1 is 1.11 bits per heavy atom. The van der Waals surface area contributed by atoms with E-state index in [2.05, 4.69) is 10.3 Å². The smallest absolute Gasteiger partial charge is 0.338 e. The van der Waals surface area contributed by atoms with Crippen molar-refractivity contribution < 1.29 is 14.3 Å². The summed E-state index contributed by atoms with van der Waals surface area (Å²) in [7, 11) is 0. The maximum Gasteiger partial charge on any atom is 0.338 e. The SMILES string of the molecule is CC(C)(C)NC(=O)COC(=O)c1ccccc1CSc1nc2ccccc2s1. The number of fused-ring (bicyclic) bond motifs is 1. The molecule has 1 N–H and O–H groups in total. The quantitative estimate of drug-likeness (QED) is 0.469. The summed E-state index contributed by atoms with van der Waals surface area (Å²) >= 11 is 3.22. The molecule has 2 aromatic carbocycles. The second kappa shape index (κ2) is 8.75. The largest absolute Gasteiger partial charge is 0.452 e. The number of ether oxygens (including phenoxy) is 1. The van der Waals surface area contributed by atoms with Crippen LogP contribution in [-0.2, 0) is 15.3 Å². The molecule has 3 rings (SSSR count). The number of hydrogen-bond acceptors (Lipinski definition) is 6. The predicted molar refractivity (Wildman–Crippen MR) is 114 cm³/mol. The highest BCUT2D eigenvalue weighted by atomic mass is 32.2. The van der Waals surface area contributed by atoms with E-state index in [9.17, 15) is 9.59 Å². The third-order valence-electron chi connectivity index (χ3n) is 3.71. The van der Waals surface area contributed by atoms with Crippen molar-refractivity contribution in [2.45, 2.75) is 36.4 Å². The first kappa shape index (κ1) is 20.4. The summed E-state index contributed by atoms with van der Waals surface area (Å²) in [4.78, 5) is 28.9. The Bertz CT molecular complexity index is 959. The van der Waals surface area contributed by atoms with Gasteiger partial charge in [0.2, 0.25) is 0 Å². The molecule has 0 saturated heterocycles. The van der Waals surface area contributed by atoms with Crippen molar-refractivity contribution in [3.05, 3.63) is 59.7 Å². The summed E-state index contributed by atoms with van der Waals surface area (Å²) in [6.07, 6.45) is 0. The zero-order valence-electron chi connectivity index (χ0n) is 16.0. The average Bonchev–Trinajstić information content (AvgIpc) is 3.06. The monoisotopic (exact) mass is 414 g/mol. The zero-order chi connectivity index (χ0) is 20.1. The number of hydrogen-bond donors (Lipinski definition) is 1. The lowest BCUT2D eigenvalue weighted by Crippen LogP contribution is -2.42. The molecule has 0 aliphatic carbocycles. The maximum absolute atomic E-state index is 12.5. The minimum atomic E-state index is -0.496. The van der Waals surface area contributed by atoms with Crippen molar-refractivity contribution in [3.63, 3.8) is 0 Å². The molecule has 0 fully saturated rings. The summed E-state index contributed by atoms with van der Waals surface area (Å²) < 4.78 is 7.30. The molecule has 146 valence electrons. The molecular weight excluding hydrogens is 392 g/mol. The second-order valence-electron chi connectivity index (χ2n) is 7.27. The summed E-state index contributed by atoms with van der Waals surface area (Å²) in [5.41, 5.74) is 1.94. The average molecular weight is 415 g/mol. The van der Waals surface area contributed by atoms with Crippen LogP contribution < -0.4 is 5.32 Å². The van der Waals surface area contributed by atoms with Gasteiger partial charge in [0.1, 0.15) is 0 Å². The molecule has 1 amide bonds. The normalized spacial score (nSPS) is 11.4. The van der Waals surface area contributed by atoms with E-state index < -0.39 is 5.97 Å². The number of nitrogens with one attached hydrogen (secondary N) is 1. The Kier molecular flexibility index (Phi) is 6.36. The zero-order valence-corrected chi connectivity index (χ0v) is 17.7. The van der Waals surface area contributed by atoms with Crippen LogP contribution in [0.25, 0.3) is 10.2 Å². The molecule has 1 aromatic heterocycles. The lowest BCUT2D eigenvalue weighted by molar-refractivity contribution is -0.125. The first-order chi connectivity index (χ1) is 13.3. The number of carbonyl (C=O) groups excluding carboxylic acids is 2. The minimum absolute atomic E-state index is 0.296. The van der Waals surface area contributed by atoms with Gasteiger partial charge in [-0.1, -0.05) is 42.1 Å². The predicted octanol–water partition coefficient (Wildman–Crippen LogP) is 4.66. The lowest BCUT2D eigenvalue weighted by Gasteiger charge is -2.20. The van der Waals surface area contributed by atoms with E-state index in [1.165, 1.54) is 0 Å². The van der Waals surface area contributed by atoms with E-state index in [1.807, 2.05) is 57.2 Å². The van der Waals surface area contributed by atoms with E-state index in [4.69, 9.17) is 4.74 Å². The van der Waals surface area contributed by atoms with Gasteiger partial charge in [-0.2, -0.15) is 0 Å². The maximum atomic E-state index is 12.5. The summed E-state index contributed by atoms with van der Waals surface area (Å²) in [5, 5.41) is 2.77. The Labute approximate surface area is 172 Å². The molecule has 3 aromatic rings. The van der Waals surface area contributed by atoms with E-state index in [0.29, 0.717) is 11.3 Å². The van der Waals surface area contributed by atoms with Crippen LogP contribution in [-0.4, -0.2) is 29.0 Å². The fraction of sp³-hybridized carbons (Fsp3) is 0.286. The van der Waals surface area contributed by atoms with Gasteiger partial charge in [-0.25, -0.2) is 9.78 Å². The molecule has 5 nitrogen and oxygen atoms in total. The van der Waals surface area contributed by atoms with Crippen molar-refractivity contribution in [1.29, 1.82) is 0 Å². The van der Waals surface area contributed by atoms with Gasteiger partial charge in [0, 0.05) is 11.3 Å². The molecule has 1 heterocycles. The third-order valence-corrected chi connectivity index (χ3v) is 5.94. The summed E-state index contributed by atoms with van der Waals surface area (Å²) in [5.74, 6) is -0.217. The summed E-state index contributed by atoms with van der Waals surface area (Å²) in [6, 6.07) is 15.3. The number of aromatic nitrogens is 1. The highest BCUT2D eigenvalue weighted by Crippen LogP contribution is 2.32. The molecular formula is C21H22N2O3S2. The molecule has 28 heavy (non-hydrogen) atoms. The number of benzene rings is 2. The van der Waals surface area contributed by atoms with Crippen molar-refractivity contribution in [2.75, 3.05) is 6.61 Å². The second-order valence-corrected chi connectivity index (χ2v) is 9.52. The van der Waals surface area contributed by atoms with Gasteiger partial charge in [-0.05, 0) is 44.5 Å². The Hall–Kier alpha value is -2.38. The van der Waals surface area contributed by atoms with Crippen LogP contribution in [0.4, 0.5) is 0 Å². The first-order valence-electron chi connectivity index (χ1n) is 8.86. The van der Waals surface area contributed by atoms with Gasteiger partial charge >= 0.3 is 5.97 Å². The summed E-state index contributed by atoms with van der Waals surface area (Å²) in [6.45, 7) is 5.33. The number of rotatable bonds is 6. The van der Waals surface area contributed by atoms with Crippen LogP contribution >= 0.6 is 23.1 Å². The number of amides is 1. The van der Waals surface area contributed by atoms with Gasteiger partial charge in [0.05, 0.1) is 15.8 Å². The number of esters is 1. The fourth-order valence-electron chi connectivity index (χ4n) is 2.56. The van der Waals surface area contributed by atoms with Gasteiger partial charge in [-0.15, -0.1) is 11.3 Å². The first-order valence-corrected chi connectivity index (χ1v) is 10.7. The van der Waals surface area contributed by atoms with E-state index in [1.54, 1.807) is 35.2 Å². The Balaban J connectivity index is 1.63. The van der Waals surface area contributed by atoms with E-state index in [-0.39, 0.29) is 18.1 Å². The fourth-order valence-corrected chi connectivity index (χ4v) is 4.63. The molecule has 0 aliphatic heterocycles. The minimum Gasteiger partial charge on any atom is -0.452 e. The number of carbonyl (C=O) groups is 2. The van der Waals surface area contributed by atoms with Crippen LogP contribution in [0, 0.1) is 0 Å². The molecule has 0 radical (unpaired) electrons. The van der Waals surface area contributed by atoms with Gasteiger partial charge in [-0.3, -0.25) is 4.79 Å². The van der Waals surface area contributed by atoms with Crippen molar-refractivity contribution in [1.82, 2.24) is 10.3 Å². The van der Waals surface area contributed by atoms with Crippen molar-refractivity contribution >= 4 is 45.2 Å². The number of thiazole rings is 1. The highest BCUT2D eigenvalue weighted by Gasteiger charge is 2.18. The van der Waals surface area contributed by atoms with E-state index in [0.717, 1.165) is 20.1 Å². The van der Waals surface area contributed by atoms with Crippen LogP contribution in [0.15, 0.2) is 52.9 Å². The lowest BCUT2D eigenvalue weighted by atomic mass is 10.1. The highest BCUT2D eigenvalue weighted by molar-refractivity contribution is 8.00. The van der Waals surface area contributed by atoms with Crippen LogP contribution in [0.1, 0.15) is 36.7 Å². The number of nitrogens with zero attached hydrogens (tertiary/aromatic N) is 1. The van der Waals surface area contributed by atoms with E-state index >= 15 is 0 Å². The Morgan fingerprint density at radius 2 is 1.82 bits per heavy atom. The molecule has 0 aliphatic rings. The molecule has 7 heteroatoms. The molecule has 0 saturated carbocycles. The number of para-hydroxylation sites is 1. The van der Waals surface area contributed by atoms with Crippen molar-refractivity contribution in [2.24, 2.45) is 0 Å². The van der Waals surface area contributed by atoms with Gasteiger partial charge in [0.15, 0.2) is 10.9 Å². The standard InChI is InChI=1S/C21H22N2O3S2/c1-21(2,3)23-18(24)12-26-19(25)15-9-5-4-8-14(15)13-27-20-22-16-10-6-7-11-17(16)28-20/h4-11H,12-13H2,1-3H3,(H,23,24). The van der Waals surface area contributed by atoms with Gasteiger partial charge in [0.25, 0.3) is 5.91 Å².